The van der Waals surface area contributed by atoms with Crippen molar-refractivity contribution in [2.75, 3.05) is 19.8 Å². The van der Waals surface area contributed by atoms with Crippen LogP contribution in [0, 0.1) is 12.3 Å². The largest absolute Gasteiger partial charge is 0.381 e. The van der Waals surface area contributed by atoms with Crippen molar-refractivity contribution < 1.29 is 4.74 Å². The van der Waals surface area contributed by atoms with Gasteiger partial charge in [0.25, 0.3) is 0 Å². The molecule has 0 bridgehead atoms. The van der Waals surface area contributed by atoms with Gasteiger partial charge in [0.15, 0.2) is 5.84 Å². The number of amidine groups is 1. The summed E-state index contributed by atoms with van der Waals surface area (Å²) in [6, 6.07) is 0. The van der Waals surface area contributed by atoms with Crippen molar-refractivity contribution in [3.05, 3.63) is 34.2 Å². The first-order valence-electron chi connectivity index (χ1n) is 10.5. The summed E-state index contributed by atoms with van der Waals surface area (Å²) >= 11 is 0. The molecular formula is C21H31N7O. The predicted octanol–water partition coefficient (Wildman–Crippen LogP) is 2.88. The van der Waals surface area contributed by atoms with Crippen molar-refractivity contribution in [1.82, 2.24) is 24.6 Å². The van der Waals surface area contributed by atoms with E-state index in [4.69, 9.17) is 20.2 Å². The third kappa shape index (κ3) is 3.73. The summed E-state index contributed by atoms with van der Waals surface area (Å²) in [5, 5.41) is 12.4. The molecule has 8 nitrogen and oxygen atoms in total. The lowest BCUT2D eigenvalue weighted by molar-refractivity contribution is 0.0845. The van der Waals surface area contributed by atoms with E-state index in [1.807, 2.05) is 18.7 Å². The van der Waals surface area contributed by atoms with Crippen molar-refractivity contribution >= 4 is 12.2 Å². The number of aliphatic imine (C=N–C) groups is 1. The number of imidazole rings is 1. The lowest BCUT2D eigenvalue weighted by Crippen LogP contribution is -2.38. The summed E-state index contributed by atoms with van der Waals surface area (Å²) in [5.41, 5.74) is 5.79. The van der Waals surface area contributed by atoms with Crippen LogP contribution < -0.4 is 0 Å². The highest BCUT2D eigenvalue weighted by Crippen LogP contribution is 2.31. The molecule has 2 aromatic rings. The number of aryl methyl sites for hydroxylation is 2. The van der Waals surface area contributed by atoms with Crippen LogP contribution in [-0.2, 0) is 24.8 Å². The SMILES string of the molecule is Cc1nc(C2CCOCC2)c(/C(=N\C=N)N2CCc3nn(C)c(C(C)C)c3C2)[nH]1. The Morgan fingerprint density at radius 2 is 2.10 bits per heavy atom. The molecule has 2 N–H and O–H groups in total. The standard InChI is InChI=1S/C21H31N7O/c1-13(2)20-16-11-28(8-5-17(16)26-27(20)4)21(23-12-22)19-18(24-14(3)25-19)15-6-9-29-10-7-15/h12-13,15,22H,5-11H2,1-4H3,(H,24,25)/b22-12?,23-21+. The van der Waals surface area contributed by atoms with Crippen LogP contribution in [0.4, 0.5) is 0 Å². The van der Waals surface area contributed by atoms with E-state index >= 15 is 0 Å². The van der Waals surface area contributed by atoms with Crippen molar-refractivity contribution in [3.63, 3.8) is 0 Å². The van der Waals surface area contributed by atoms with Gasteiger partial charge in [0.2, 0.25) is 0 Å². The van der Waals surface area contributed by atoms with Gasteiger partial charge in [-0.2, -0.15) is 5.10 Å². The minimum atomic E-state index is 0.365. The highest BCUT2D eigenvalue weighted by molar-refractivity contribution is 6.01. The average Bonchev–Trinajstić information content (AvgIpc) is 3.25. The number of hydrogen-bond acceptors (Lipinski definition) is 4. The van der Waals surface area contributed by atoms with E-state index in [-0.39, 0.29) is 0 Å². The third-order valence-corrected chi connectivity index (χ3v) is 5.96. The molecule has 1 fully saturated rings. The molecule has 0 aliphatic carbocycles. The summed E-state index contributed by atoms with van der Waals surface area (Å²) in [7, 11) is 2.03. The fraction of sp³-hybridized carbons (Fsp3) is 0.619. The van der Waals surface area contributed by atoms with Crippen molar-refractivity contribution in [2.24, 2.45) is 12.0 Å². The van der Waals surface area contributed by atoms with Crippen molar-refractivity contribution in [3.8, 4) is 0 Å². The summed E-state index contributed by atoms with van der Waals surface area (Å²) < 4.78 is 7.57. The number of aromatic amines is 1. The maximum absolute atomic E-state index is 7.67. The Balaban J connectivity index is 1.70. The van der Waals surface area contributed by atoms with Gasteiger partial charge >= 0.3 is 0 Å². The molecule has 29 heavy (non-hydrogen) atoms. The first-order valence-corrected chi connectivity index (χ1v) is 10.5. The highest BCUT2D eigenvalue weighted by atomic mass is 16.5. The van der Waals surface area contributed by atoms with Gasteiger partial charge in [-0.3, -0.25) is 10.1 Å². The molecule has 0 atom stereocenters. The molecule has 8 heteroatoms. The second kappa shape index (κ2) is 8.10. The van der Waals surface area contributed by atoms with E-state index in [2.05, 4.69) is 28.7 Å². The van der Waals surface area contributed by atoms with Gasteiger partial charge in [0, 0.05) is 56.9 Å². The maximum atomic E-state index is 7.67. The first kappa shape index (κ1) is 19.8. The lowest BCUT2D eigenvalue weighted by Gasteiger charge is -2.31. The monoisotopic (exact) mass is 397 g/mol. The summed E-state index contributed by atoms with van der Waals surface area (Å²) in [4.78, 5) is 15.0. The van der Waals surface area contributed by atoms with E-state index in [0.717, 1.165) is 75.0 Å². The van der Waals surface area contributed by atoms with Crippen molar-refractivity contribution in [2.45, 2.75) is 58.4 Å². The molecule has 1 saturated heterocycles. The lowest BCUT2D eigenvalue weighted by atomic mass is 9.94. The van der Waals surface area contributed by atoms with E-state index in [0.29, 0.717) is 11.8 Å². The van der Waals surface area contributed by atoms with Gasteiger partial charge in [0.05, 0.1) is 11.4 Å². The maximum Gasteiger partial charge on any atom is 0.156 e. The Hall–Kier alpha value is -2.48. The highest BCUT2D eigenvalue weighted by Gasteiger charge is 2.31. The number of ether oxygens (including phenoxy) is 1. The topological polar surface area (TPSA) is 95.2 Å². The van der Waals surface area contributed by atoms with Gasteiger partial charge < -0.3 is 14.6 Å². The van der Waals surface area contributed by atoms with Crippen LogP contribution in [0.5, 0.6) is 0 Å². The normalized spacial score (nSPS) is 18.4. The Bertz CT molecular complexity index is 918. The summed E-state index contributed by atoms with van der Waals surface area (Å²) in [5.74, 6) is 2.48. The zero-order valence-corrected chi connectivity index (χ0v) is 17.8. The smallest absolute Gasteiger partial charge is 0.156 e. The Morgan fingerprint density at radius 3 is 2.79 bits per heavy atom. The van der Waals surface area contributed by atoms with Crippen LogP contribution in [0.3, 0.4) is 0 Å². The van der Waals surface area contributed by atoms with Crippen LogP contribution in [0.2, 0.25) is 0 Å². The van der Waals surface area contributed by atoms with Gasteiger partial charge in [-0.1, -0.05) is 13.8 Å². The number of aromatic nitrogens is 4. The molecule has 4 heterocycles. The summed E-state index contributed by atoms with van der Waals surface area (Å²) in [6.45, 7) is 9.55. The van der Waals surface area contributed by atoms with E-state index < -0.39 is 0 Å². The van der Waals surface area contributed by atoms with Crippen LogP contribution in [0.15, 0.2) is 4.99 Å². The van der Waals surface area contributed by atoms with Crippen molar-refractivity contribution in [1.29, 1.82) is 5.41 Å². The Morgan fingerprint density at radius 1 is 1.34 bits per heavy atom. The van der Waals surface area contributed by atoms with Crippen LogP contribution >= 0.6 is 0 Å². The molecule has 156 valence electrons. The molecule has 0 aromatic carbocycles. The van der Waals surface area contributed by atoms with Gasteiger partial charge in [-0.25, -0.2) is 9.98 Å². The molecule has 4 rings (SSSR count). The molecule has 2 aliphatic rings. The van der Waals surface area contributed by atoms with E-state index in [1.54, 1.807) is 0 Å². The molecule has 2 aliphatic heterocycles. The predicted molar refractivity (Wildman–Crippen MR) is 113 cm³/mol. The van der Waals surface area contributed by atoms with Gasteiger partial charge in [0.1, 0.15) is 17.9 Å². The Labute approximate surface area is 171 Å². The number of nitrogens with one attached hydrogen (secondary N) is 2. The van der Waals surface area contributed by atoms with E-state index in [9.17, 15) is 0 Å². The Kier molecular flexibility index (Phi) is 5.54. The molecule has 0 radical (unpaired) electrons. The van der Waals surface area contributed by atoms with Gasteiger partial charge in [-0.15, -0.1) is 0 Å². The number of fused-ring (bicyclic) bond motifs is 1. The second-order valence-corrected chi connectivity index (χ2v) is 8.31. The molecular weight excluding hydrogens is 366 g/mol. The zero-order valence-electron chi connectivity index (χ0n) is 17.8. The van der Waals surface area contributed by atoms with Crippen LogP contribution in [-0.4, -0.2) is 56.6 Å². The molecule has 0 saturated carbocycles. The average molecular weight is 398 g/mol. The number of H-pyrrole nitrogens is 1. The van der Waals surface area contributed by atoms with Gasteiger partial charge in [-0.05, 0) is 25.7 Å². The molecule has 0 amide bonds. The third-order valence-electron chi connectivity index (χ3n) is 5.96. The minimum absolute atomic E-state index is 0.365. The number of nitrogens with zero attached hydrogens (tertiary/aromatic N) is 5. The van der Waals surface area contributed by atoms with E-state index in [1.165, 1.54) is 17.0 Å². The number of rotatable bonds is 4. The number of hydrogen-bond donors (Lipinski definition) is 2. The molecule has 0 unspecified atom stereocenters. The second-order valence-electron chi connectivity index (χ2n) is 8.31. The minimum Gasteiger partial charge on any atom is -0.381 e. The van der Waals surface area contributed by atoms with Crippen LogP contribution in [0.1, 0.15) is 72.7 Å². The molecule has 0 spiro atoms. The fourth-order valence-corrected chi connectivity index (χ4v) is 4.74. The summed E-state index contributed by atoms with van der Waals surface area (Å²) in [6.07, 6.45) is 3.97. The molecule has 2 aromatic heterocycles. The quantitative estimate of drug-likeness (QED) is 0.613. The van der Waals surface area contributed by atoms with Crippen LogP contribution in [0.25, 0.3) is 0 Å². The zero-order chi connectivity index (χ0) is 20.5. The fourth-order valence-electron chi connectivity index (χ4n) is 4.74. The first-order chi connectivity index (χ1) is 14.0.